The number of aromatic nitrogens is 3. The Hall–Kier alpha value is -1.89. The van der Waals surface area contributed by atoms with E-state index in [0.29, 0.717) is 6.54 Å². The first kappa shape index (κ1) is 16.6. The number of nitrogens with two attached hydrogens (primary N) is 1. The van der Waals surface area contributed by atoms with E-state index < -0.39 is 0 Å². The summed E-state index contributed by atoms with van der Waals surface area (Å²) in [4.78, 5) is 9.20. The zero-order valence-corrected chi connectivity index (χ0v) is 15.5. The van der Waals surface area contributed by atoms with Crippen LogP contribution >= 0.6 is 11.8 Å². The van der Waals surface area contributed by atoms with Gasteiger partial charge >= 0.3 is 0 Å². The van der Waals surface area contributed by atoms with Crippen LogP contribution in [0.2, 0.25) is 0 Å². The minimum absolute atomic E-state index is 0.544. The molecule has 0 amide bonds. The summed E-state index contributed by atoms with van der Waals surface area (Å²) in [5.74, 6) is 0. The van der Waals surface area contributed by atoms with Crippen LogP contribution in [-0.2, 0) is 13.1 Å². The van der Waals surface area contributed by atoms with Crippen molar-refractivity contribution in [1.29, 1.82) is 0 Å². The molecule has 0 unspecified atom stereocenters. The number of hydrogen-bond acceptors (Lipinski definition) is 5. The molecular weight excluding hydrogens is 330 g/mol. The van der Waals surface area contributed by atoms with Gasteiger partial charge in [-0.25, -0.2) is 0 Å². The van der Waals surface area contributed by atoms with Crippen molar-refractivity contribution in [2.75, 3.05) is 19.6 Å². The van der Waals surface area contributed by atoms with E-state index >= 15 is 0 Å². The largest absolute Gasteiger partial charge is 0.326 e. The van der Waals surface area contributed by atoms with Crippen LogP contribution in [0.5, 0.6) is 0 Å². The van der Waals surface area contributed by atoms with E-state index in [1.807, 2.05) is 12.4 Å². The summed E-state index contributed by atoms with van der Waals surface area (Å²) in [6.45, 7) is 8.97. The lowest BCUT2D eigenvalue weighted by atomic mass is 10.1. The average molecular weight is 353 g/mol. The quantitative estimate of drug-likeness (QED) is 0.576. The van der Waals surface area contributed by atoms with Gasteiger partial charge < -0.3 is 10.6 Å². The molecule has 5 nitrogen and oxygen atoms in total. The van der Waals surface area contributed by atoms with Gasteiger partial charge in [0, 0.05) is 46.2 Å². The lowest BCUT2D eigenvalue weighted by Crippen LogP contribution is -2.27. The van der Waals surface area contributed by atoms with Crippen molar-refractivity contribution in [3.05, 3.63) is 36.2 Å². The molecule has 0 saturated heterocycles. The maximum Gasteiger partial charge on any atom is 0.104 e. The topological polar surface area (TPSA) is 60.0 Å². The highest BCUT2D eigenvalue weighted by Crippen LogP contribution is 2.48. The maximum absolute atomic E-state index is 5.99. The van der Waals surface area contributed by atoms with Crippen LogP contribution in [0, 0.1) is 0 Å². The predicted molar refractivity (Wildman–Crippen MR) is 103 cm³/mol. The lowest BCUT2D eigenvalue weighted by molar-refractivity contribution is 0.287. The highest BCUT2D eigenvalue weighted by molar-refractivity contribution is 7.99. The van der Waals surface area contributed by atoms with Gasteiger partial charge in [-0.1, -0.05) is 31.7 Å². The normalized spacial score (nSPS) is 12.8. The first-order valence-corrected chi connectivity index (χ1v) is 9.65. The van der Waals surface area contributed by atoms with Gasteiger partial charge in [0.2, 0.25) is 0 Å². The third-order valence-electron chi connectivity index (χ3n) is 4.94. The zero-order valence-electron chi connectivity index (χ0n) is 14.7. The third kappa shape index (κ3) is 2.74. The van der Waals surface area contributed by atoms with Crippen molar-refractivity contribution in [1.82, 2.24) is 19.7 Å². The molecule has 1 aliphatic heterocycles. The molecule has 25 heavy (non-hydrogen) atoms. The van der Waals surface area contributed by atoms with Gasteiger partial charge in [-0.05, 0) is 30.8 Å². The summed E-state index contributed by atoms with van der Waals surface area (Å²) in [5, 5.41) is 6.20. The molecule has 0 fully saturated rings. The van der Waals surface area contributed by atoms with Crippen LogP contribution in [0.3, 0.4) is 0 Å². The van der Waals surface area contributed by atoms with Gasteiger partial charge in [-0.15, -0.1) is 0 Å². The molecule has 3 heterocycles. The molecule has 2 aromatic heterocycles. The third-order valence-corrected chi connectivity index (χ3v) is 6.19. The zero-order chi connectivity index (χ0) is 17.4. The van der Waals surface area contributed by atoms with E-state index in [4.69, 9.17) is 10.8 Å². The Morgan fingerprint density at radius 2 is 2.04 bits per heavy atom. The molecule has 1 aliphatic rings. The molecule has 130 valence electrons. The van der Waals surface area contributed by atoms with Gasteiger partial charge in [0.15, 0.2) is 0 Å². The van der Waals surface area contributed by atoms with E-state index in [1.54, 1.807) is 11.8 Å². The number of pyridine rings is 1. The molecule has 0 spiro atoms. The second-order valence-electron chi connectivity index (χ2n) is 6.22. The summed E-state index contributed by atoms with van der Waals surface area (Å²) < 4.78 is 2.15. The van der Waals surface area contributed by atoms with Crippen LogP contribution in [-0.4, -0.2) is 39.3 Å². The van der Waals surface area contributed by atoms with Gasteiger partial charge in [-0.2, -0.15) is 5.10 Å². The van der Waals surface area contributed by atoms with Gasteiger partial charge in [0.05, 0.1) is 12.1 Å². The Kier molecular flexibility index (Phi) is 4.50. The van der Waals surface area contributed by atoms with Crippen molar-refractivity contribution < 1.29 is 0 Å². The molecule has 0 bridgehead atoms. The standard InChI is InChI=1S/C19H23N5S/c1-3-23(4-2)9-10-24-15-6-5-13(11-20)19-17(15)18(22-24)14-12-21-8-7-16(14)25-19/h5-8,12H,3-4,9-11,20H2,1-2H3. The Morgan fingerprint density at radius 3 is 2.80 bits per heavy atom. The Labute approximate surface area is 152 Å². The van der Waals surface area contributed by atoms with Crippen LogP contribution in [0.4, 0.5) is 0 Å². The second-order valence-corrected chi connectivity index (χ2v) is 7.28. The van der Waals surface area contributed by atoms with Crippen molar-refractivity contribution in [3.63, 3.8) is 0 Å². The Morgan fingerprint density at radius 1 is 1.20 bits per heavy atom. The van der Waals surface area contributed by atoms with Gasteiger partial charge in [-0.3, -0.25) is 9.67 Å². The monoisotopic (exact) mass is 353 g/mol. The van der Waals surface area contributed by atoms with Crippen LogP contribution in [0.25, 0.3) is 22.2 Å². The maximum atomic E-state index is 5.99. The molecule has 6 heteroatoms. The number of fused-ring (bicyclic) bond motifs is 2. The summed E-state index contributed by atoms with van der Waals surface area (Å²) in [5.41, 5.74) is 10.5. The summed E-state index contributed by atoms with van der Waals surface area (Å²) in [7, 11) is 0. The molecule has 1 aromatic carbocycles. The van der Waals surface area contributed by atoms with Crippen molar-refractivity contribution in [3.8, 4) is 11.3 Å². The molecule has 0 aliphatic carbocycles. The summed E-state index contributed by atoms with van der Waals surface area (Å²) >= 11 is 1.79. The predicted octanol–water partition coefficient (Wildman–Crippen LogP) is 3.36. The van der Waals surface area contributed by atoms with Crippen LogP contribution < -0.4 is 5.73 Å². The number of benzene rings is 1. The number of rotatable bonds is 6. The molecule has 2 N–H and O–H groups in total. The van der Waals surface area contributed by atoms with Crippen LogP contribution in [0.15, 0.2) is 40.4 Å². The molecule has 0 radical (unpaired) electrons. The smallest absolute Gasteiger partial charge is 0.104 e. The number of likely N-dealkylation sites (N-methyl/N-ethyl adjacent to an activating group) is 1. The fraction of sp³-hybridized carbons (Fsp3) is 0.368. The second kappa shape index (κ2) is 6.78. The van der Waals surface area contributed by atoms with Crippen molar-refractivity contribution in [2.24, 2.45) is 5.73 Å². The van der Waals surface area contributed by atoms with E-state index in [1.165, 1.54) is 26.3 Å². The first-order valence-electron chi connectivity index (χ1n) is 8.83. The highest BCUT2D eigenvalue weighted by atomic mass is 32.2. The van der Waals surface area contributed by atoms with E-state index in [9.17, 15) is 0 Å². The molecule has 4 rings (SSSR count). The fourth-order valence-corrected chi connectivity index (χ4v) is 4.65. The first-order chi connectivity index (χ1) is 12.3. The van der Waals surface area contributed by atoms with Crippen molar-refractivity contribution in [2.45, 2.75) is 36.7 Å². The van der Waals surface area contributed by atoms with Crippen LogP contribution in [0.1, 0.15) is 19.4 Å². The molecule has 0 atom stereocenters. The molecule has 3 aromatic rings. The van der Waals surface area contributed by atoms with E-state index in [2.05, 4.69) is 46.6 Å². The minimum Gasteiger partial charge on any atom is -0.326 e. The number of hydrogen-bond donors (Lipinski definition) is 1. The Bertz CT molecular complexity index is 914. The Balaban J connectivity index is 1.85. The lowest BCUT2D eigenvalue weighted by Gasteiger charge is -2.18. The summed E-state index contributed by atoms with van der Waals surface area (Å²) in [6.07, 6.45) is 3.77. The molecule has 0 saturated carbocycles. The van der Waals surface area contributed by atoms with Crippen molar-refractivity contribution >= 4 is 22.7 Å². The minimum atomic E-state index is 0.544. The fourth-order valence-electron chi connectivity index (χ4n) is 3.45. The van der Waals surface area contributed by atoms with E-state index in [-0.39, 0.29) is 0 Å². The highest BCUT2D eigenvalue weighted by Gasteiger charge is 2.25. The number of nitrogens with zero attached hydrogens (tertiary/aromatic N) is 4. The molecular formula is C19H23N5S. The average Bonchev–Trinajstić information content (AvgIpc) is 3.03. The van der Waals surface area contributed by atoms with E-state index in [0.717, 1.165) is 37.4 Å². The summed E-state index contributed by atoms with van der Waals surface area (Å²) in [6, 6.07) is 6.38. The SMILES string of the molecule is CCN(CC)CCn1nc2c3c(c(CN)ccc31)Sc1ccncc1-2. The van der Waals surface area contributed by atoms with Gasteiger partial charge in [0.25, 0.3) is 0 Å². The van der Waals surface area contributed by atoms with Gasteiger partial charge in [0.1, 0.15) is 5.69 Å².